The first-order valence-electron chi connectivity index (χ1n) is 6.28. The molecule has 0 saturated carbocycles. The van der Waals surface area contributed by atoms with Crippen LogP contribution in [-0.2, 0) is 6.54 Å². The van der Waals surface area contributed by atoms with Crippen LogP contribution in [0.1, 0.15) is 19.0 Å². The Morgan fingerprint density at radius 3 is 3.17 bits per heavy atom. The normalized spacial score (nSPS) is 21.9. The first-order chi connectivity index (χ1) is 8.70. The molecule has 3 rings (SSSR count). The molecule has 2 aromatic heterocycles. The van der Waals surface area contributed by atoms with Gasteiger partial charge in [-0.25, -0.2) is 4.98 Å². The molecule has 0 radical (unpaired) electrons. The second-order valence-corrected chi connectivity index (χ2v) is 5.75. The van der Waals surface area contributed by atoms with Gasteiger partial charge in [-0.15, -0.1) is 11.3 Å². The topological polar surface area (TPSA) is 66.8 Å². The van der Waals surface area contributed by atoms with Gasteiger partial charge in [-0.3, -0.25) is 4.40 Å². The van der Waals surface area contributed by atoms with E-state index in [0.717, 1.165) is 36.0 Å². The maximum atomic E-state index is 9.67. The third-order valence-corrected chi connectivity index (χ3v) is 4.50. The number of anilines is 1. The van der Waals surface area contributed by atoms with Crippen LogP contribution in [0.15, 0.2) is 11.6 Å². The summed E-state index contributed by atoms with van der Waals surface area (Å²) in [5.74, 6) is 1.34. The zero-order valence-electron chi connectivity index (χ0n) is 10.4. The number of aliphatic hydroxyl groups is 1. The molecule has 0 aromatic carbocycles. The lowest BCUT2D eigenvalue weighted by Gasteiger charge is -2.18. The summed E-state index contributed by atoms with van der Waals surface area (Å²) in [6, 6.07) is 0. The third kappa shape index (κ3) is 1.81. The van der Waals surface area contributed by atoms with E-state index >= 15 is 0 Å². The average molecular weight is 266 g/mol. The summed E-state index contributed by atoms with van der Waals surface area (Å²) in [7, 11) is 0. The highest BCUT2D eigenvalue weighted by molar-refractivity contribution is 7.15. The fourth-order valence-corrected chi connectivity index (χ4v) is 3.37. The highest BCUT2D eigenvalue weighted by Gasteiger charge is 2.29. The van der Waals surface area contributed by atoms with Crippen molar-refractivity contribution in [3.05, 3.63) is 17.3 Å². The highest BCUT2D eigenvalue weighted by atomic mass is 32.1. The predicted molar refractivity (Wildman–Crippen MR) is 73.0 cm³/mol. The highest BCUT2D eigenvalue weighted by Crippen LogP contribution is 2.29. The fourth-order valence-electron chi connectivity index (χ4n) is 2.64. The molecule has 98 valence electrons. The SMILES string of the molecule is CC(O)C1CCN(c2nc3sccn3c2CN)C1. The van der Waals surface area contributed by atoms with Gasteiger partial charge in [0.05, 0.1) is 11.8 Å². The lowest BCUT2D eigenvalue weighted by atomic mass is 10.0. The maximum absolute atomic E-state index is 9.67. The maximum Gasteiger partial charge on any atom is 0.195 e. The summed E-state index contributed by atoms with van der Waals surface area (Å²) >= 11 is 1.62. The molecule has 3 heterocycles. The number of aliphatic hydroxyl groups excluding tert-OH is 1. The van der Waals surface area contributed by atoms with E-state index in [9.17, 15) is 5.11 Å². The van der Waals surface area contributed by atoms with Gasteiger partial charge in [0.1, 0.15) is 0 Å². The molecule has 0 aliphatic carbocycles. The van der Waals surface area contributed by atoms with Crippen LogP contribution in [0.5, 0.6) is 0 Å². The number of fused-ring (bicyclic) bond motifs is 1. The number of rotatable bonds is 3. The summed E-state index contributed by atoms with van der Waals surface area (Å²) in [4.78, 5) is 7.91. The van der Waals surface area contributed by atoms with Crippen LogP contribution in [0.4, 0.5) is 5.82 Å². The van der Waals surface area contributed by atoms with Gasteiger partial charge >= 0.3 is 0 Å². The second-order valence-electron chi connectivity index (χ2n) is 4.88. The minimum absolute atomic E-state index is 0.250. The van der Waals surface area contributed by atoms with Crippen LogP contribution in [0.2, 0.25) is 0 Å². The number of hydrogen-bond acceptors (Lipinski definition) is 5. The predicted octanol–water partition coefficient (Wildman–Crippen LogP) is 1.06. The van der Waals surface area contributed by atoms with E-state index in [1.54, 1.807) is 11.3 Å². The number of nitrogens with zero attached hydrogens (tertiary/aromatic N) is 3. The second kappa shape index (κ2) is 4.53. The summed E-state index contributed by atoms with van der Waals surface area (Å²) in [5, 5.41) is 11.7. The van der Waals surface area contributed by atoms with Crippen molar-refractivity contribution >= 4 is 22.1 Å². The van der Waals surface area contributed by atoms with Gasteiger partial charge in [-0.1, -0.05) is 0 Å². The molecule has 0 bridgehead atoms. The summed E-state index contributed by atoms with van der Waals surface area (Å²) in [6.45, 7) is 4.18. The molecule has 18 heavy (non-hydrogen) atoms. The lowest BCUT2D eigenvalue weighted by Crippen LogP contribution is -2.25. The summed E-state index contributed by atoms with van der Waals surface area (Å²) in [5.41, 5.74) is 6.92. The molecule has 5 nitrogen and oxygen atoms in total. The van der Waals surface area contributed by atoms with E-state index in [4.69, 9.17) is 5.73 Å². The number of hydrogen-bond donors (Lipinski definition) is 2. The molecule has 2 unspecified atom stereocenters. The molecule has 6 heteroatoms. The molecule has 1 saturated heterocycles. The van der Waals surface area contributed by atoms with Gasteiger partial charge in [-0.05, 0) is 13.3 Å². The first-order valence-corrected chi connectivity index (χ1v) is 7.16. The molecular weight excluding hydrogens is 248 g/mol. The lowest BCUT2D eigenvalue weighted by molar-refractivity contribution is 0.136. The van der Waals surface area contributed by atoms with Gasteiger partial charge in [0.2, 0.25) is 0 Å². The van der Waals surface area contributed by atoms with Crippen molar-refractivity contribution in [3.8, 4) is 0 Å². The Morgan fingerprint density at radius 1 is 1.67 bits per heavy atom. The number of nitrogens with two attached hydrogens (primary N) is 1. The molecule has 1 aliphatic rings. The number of thiazole rings is 1. The average Bonchev–Trinajstić information content (AvgIpc) is 3.02. The van der Waals surface area contributed by atoms with Crippen molar-refractivity contribution in [1.29, 1.82) is 0 Å². The quantitative estimate of drug-likeness (QED) is 0.872. The Morgan fingerprint density at radius 2 is 2.50 bits per heavy atom. The molecule has 2 aromatic rings. The minimum atomic E-state index is -0.250. The Labute approximate surface area is 110 Å². The molecule has 1 fully saturated rings. The monoisotopic (exact) mass is 266 g/mol. The van der Waals surface area contributed by atoms with Crippen molar-refractivity contribution in [2.24, 2.45) is 11.7 Å². The molecule has 0 amide bonds. The molecule has 2 atom stereocenters. The molecule has 3 N–H and O–H groups in total. The van der Waals surface area contributed by atoms with Crippen molar-refractivity contribution in [3.63, 3.8) is 0 Å². The third-order valence-electron chi connectivity index (χ3n) is 3.74. The van der Waals surface area contributed by atoms with Gasteiger partial charge in [0.15, 0.2) is 10.8 Å². The van der Waals surface area contributed by atoms with E-state index in [1.165, 1.54) is 0 Å². The first kappa shape index (κ1) is 12.0. The number of imidazole rings is 1. The Balaban J connectivity index is 1.92. The standard InChI is InChI=1S/C12H18N4OS/c1-8(17)9-2-3-15(7-9)11-10(6-13)16-4-5-18-12(16)14-11/h4-5,8-9,17H,2-3,6-7,13H2,1H3. The van der Waals surface area contributed by atoms with E-state index in [-0.39, 0.29) is 6.10 Å². The van der Waals surface area contributed by atoms with Crippen LogP contribution in [0.3, 0.4) is 0 Å². The van der Waals surface area contributed by atoms with Crippen LogP contribution in [-0.4, -0.2) is 33.7 Å². The van der Waals surface area contributed by atoms with Crippen molar-refractivity contribution in [1.82, 2.24) is 9.38 Å². The Bertz CT molecular complexity index is 547. The van der Waals surface area contributed by atoms with Crippen LogP contribution in [0, 0.1) is 5.92 Å². The van der Waals surface area contributed by atoms with E-state index < -0.39 is 0 Å². The van der Waals surface area contributed by atoms with Crippen LogP contribution in [0.25, 0.3) is 4.96 Å². The Hall–Kier alpha value is -1.11. The van der Waals surface area contributed by atoms with Gasteiger partial charge < -0.3 is 15.7 Å². The van der Waals surface area contributed by atoms with E-state index in [1.807, 2.05) is 18.5 Å². The Kier molecular flexibility index (Phi) is 3.01. The summed E-state index contributed by atoms with van der Waals surface area (Å²) < 4.78 is 2.07. The van der Waals surface area contributed by atoms with Gasteiger partial charge in [-0.2, -0.15) is 0 Å². The molecular formula is C12H18N4OS. The molecule has 0 spiro atoms. The smallest absolute Gasteiger partial charge is 0.195 e. The van der Waals surface area contributed by atoms with Crippen LogP contribution < -0.4 is 10.6 Å². The zero-order chi connectivity index (χ0) is 12.7. The van der Waals surface area contributed by atoms with Crippen molar-refractivity contribution < 1.29 is 5.11 Å². The van der Waals surface area contributed by atoms with Crippen molar-refractivity contribution in [2.75, 3.05) is 18.0 Å². The number of aromatic nitrogens is 2. The van der Waals surface area contributed by atoms with Crippen molar-refractivity contribution in [2.45, 2.75) is 26.0 Å². The minimum Gasteiger partial charge on any atom is -0.393 e. The van der Waals surface area contributed by atoms with Crippen LogP contribution >= 0.6 is 11.3 Å². The zero-order valence-corrected chi connectivity index (χ0v) is 11.2. The van der Waals surface area contributed by atoms with Gasteiger partial charge in [0.25, 0.3) is 0 Å². The van der Waals surface area contributed by atoms with E-state index in [2.05, 4.69) is 14.3 Å². The molecule has 1 aliphatic heterocycles. The largest absolute Gasteiger partial charge is 0.393 e. The fraction of sp³-hybridized carbons (Fsp3) is 0.583. The van der Waals surface area contributed by atoms with Gasteiger partial charge in [0, 0.05) is 37.1 Å². The summed E-state index contributed by atoms with van der Waals surface area (Å²) in [6.07, 6.45) is 2.79. The van der Waals surface area contributed by atoms with E-state index in [0.29, 0.717) is 12.5 Å².